The summed E-state index contributed by atoms with van der Waals surface area (Å²) in [6.07, 6.45) is 1.78. The van der Waals surface area contributed by atoms with E-state index in [1.54, 1.807) is 17.8 Å². The maximum atomic E-state index is 11.6. The van der Waals surface area contributed by atoms with Crippen LogP contribution >= 0.6 is 0 Å². The Morgan fingerprint density at radius 1 is 1.59 bits per heavy atom. The molecule has 0 radical (unpaired) electrons. The van der Waals surface area contributed by atoms with Gasteiger partial charge in [-0.3, -0.25) is 4.68 Å². The number of carbonyl (C=O) groups is 1. The lowest BCUT2D eigenvalue weighted by Gasteiger charge is -2.19. The van der Waals surface area contributed by atoms with Gasteiger partial charge in [0.2, 0.25) is 0 Å². The Morgan fingerprint density at radius 2 is 2.18 bits per heavy atom. The second-order valence-electron chi connectivity index (χ2n) is 5.09. The predicted octanol–water partition coefficient (Wildman–Crippen LogP) is 1.28. The molecule has 5 heteroatoms. The highest BCUT2D eigenvalue weighted by Crippen LogP contribution is 2.27. The molecule has 0 aliphatic rings. The van der Waals surface area contributed by atoms with E-state index in [1.165, 1.54) is 0 Å². The zero-order chi connectivity index (χ0) is 13.2. The van der Waals surface area contributed by atoms with Gasteiger partial charge in [0.1, 0.15) is 6.04 Å². The van der Waals surface area contributed by atoms with E-state index in [0.29, 0.717) is 6.61 Å². The van der Waals surface area contributed by atoms with Gasteiger partial charge in [0.05, 0.1) is 12.3 Å². The molecule has 0 saturated carbocycles. The van der Waals surface area contributed by atoms with Gasteiger partial charge in [-0.1, -0.05) is 20.8 Å². The third-order valence-electron chi connectivity index (χ3n) is 2.44. The normalized spacial score (nSPS) is 13.5. The molecule has 0 spiro atoms. The van der Waals surface area contributed by atoms with Crippen LogP contribution in [0.1, 0.15) is 45.0 Å². The number of rotatable bonds is 3. The fourth-order valence-electron chi connectivity index (χ4n) is 1.68. The van der Waals surface area contributed by atoms with Crippen molar-refractivity contribution in [3.8, 4) is 0 Å². The summed E-state index contributed by atoms with van der Waals surface area (Å²) in [5, 5.41) is 4.37. The first-order chi connectivity index (χ1) is 7.77. The summed E-state index contributed by atoms with van der Waals surface area (Å²) >= 11 is 0. The standard InChI is InChI=1S/C12H21N3O2/c1-6-17-11(16)9(13)8-7-15(5)14-10(8)12(2,3)4/h7,9H,6,13H2,1-5H3. The number of aromatic nitrogens is 2. The van der Waals surface area contributed by atoms with Gasteiger partial charge in [0.15, 0.2) is 0 Å². The molecular weight excluding hydrogens is 218 g/mol. The molecular formula is C12H21N3O2. The number of esters is 1. The third kappa shape index (κ3) is 3.06. The van der Waals surface area contributed by atoms with Gasteiger partial charge in [-0.2, -0.15) is 5.10 Å². The van der Waals surface area contributed by atoms with Crippen molar-refractivity contribution in [2.75, 3.05) is 6.61 Å². The number of ether oxygens (including phenoxy) is 1. The second-order valence-corrected chi connectivity index (χ2v) is 5.09. The summed E-state index contributed by atoms with van der Waals surface area (Å²) in [6, 6.07) is -0.766. The Kier molecular flexibility index (Phi) is 3.93. The molecule has 0 aliphatic carbocycles. The Hall–Kier alpha value is -1.36. The fraction of sp³-hybridized carbons (Fsp3) is 0.667. The van der Waals surface area contributed by atoms with E-state index in [4.69, 9.17) is 10.5 Å². The molecule has 0 saturated heterocycles. The first kappa shape index (κ1) is 13.7. The van der Waals surface area contributed by atoms with E-state index in [0.717, 1.165) is 11.3 Å². The molecule has 0 fully saturated rings. The molecule has 96 valence electrons. The van der Waals surface area contributed by atoms with Crippen molar-refractivity contribution in [2.45, 2.75) is 39.2 Å². The van der Waals surface area contributed by atoms with Crippen LogP contribution in [-0.4, -0.2) is 22.4 Å². The Bertz CT molecular complexity index is 404. The molecule has 0 aromatic carbocycles. The highest BCUT2D eigenvalue weighted by Gasteiger charge is 2.28. The quantitative estimate of drug-likeness (QED) is 0.807. The van der Waals surface area contributed by atoms with Gasteiger partial charge >= 0.3 is 5.97 Å². The highest BCUT2D eigenvalue weighted by molar-refractivity contribution is 5.77. The average molecular weight is 239 g/mol. The summed E-state index contributed by atoms with van der Waals surface area (Å²) in [6.45, 7) is 8.21. The van der Waals surface area contributed by atoms with Gasteiger partial charge in [-0.25, -0.2) is 4.79 Å². The number of nitrogens with two attached hydrogens (primary N) is 1. The summed E-state index contributed by atoms with van der Waals surface area (Å²) in [7, 11) is 1.82. The maximum Gasteiger partial charge on any atom is 0.327 e. The summed E-state index contributed by atoms with van der Waals surface area (Å²) in [4.78, 5) is 11.6. The highest BCUT2D eigenvalue weighted by atomic mass is 16.5. The van der Waals surface area contributed by atoms with Gasteiger partial charge < -0.3 is 10.5 Å². The molecule has 1 aromatic heterocycles. The van der Waals surface area contributed by atoms with Crippen LogP contribution in [0.4, 0.5) is 0 Å². The van der Waals surface area contributed by atoms with E-state index >= 15 is 0 Å². The van der Waals surface area contributed by atoms with Crippen LogP contribution < -0.4 is 5.73 Å². The zero-order valence-electron chi connectivity index (χ0n) is 11.2. The molecule has 1 aromatic rings. The molecule has 5 nitrogen and oxygen atoms in total. The molecule has 1 rings (SSSR count). The van der Waals surface area contributed by atoms with Crippen LogP contribution in [0, 0.1) is 0 Å². The number of hydrogen-bond donors (Lipinski definition) is 1. The van der Waals surface area contributed by atoms with E-state index in [2.05, 4.69) is 5.10 Å². The van der Waals surface area contributed by atoms with Crippen LogP contribution in [0.25, 0.3) is 0 Å². The van der Waals surface area contributed by atoms with Crippen LogP contribution in [0.15, 0.2) is 6.20 Å². The van der Waals surface area contributed by atoms with Crippen molar-refractivity contribution in [1.29, 1.82) is 0 Å². The van der Waals surface area contributed by atoms with Gasteiger partial charge in [-0.15, -0.1) is 0 Å². The maximum absolute atomic E-state index is 11.6. The van der Waals surface area contributed by atoms with Crippen LogP contribution in [0.2, 0.25) is 0 Å². The SMILES string of the molecule is CCOC(=O)C(N)c1cn(C)nc1C(C)(C)C. The summed E-state index contributed by atoms with van der Waals surface area (Å²) in [5.74, 6) is -0.411. The third-order valence-corrected chi connectivity index (χ3v) is 2.44. The molecule has 1 heterocycles. The minimum Gasteiger partial charge on any atom is -0.465 e. The molecule has 17 heavy (non-hydrogen) atoms. The lowest BCUT2D eigenvalue weighted by Crippen LogP contribution is -2.26. The summed E-state index contributed by atoms with van der Waals surface area (Å²) in [5.41, 5.74) is 7.32. The zero-order valence-corrected chi connectivity index (χ0v) is 11.2. The van der Waals surface area contributed by atoms with Gasteiger partial charge in [-0.05, 0) is 6.92 Å². The number of carbonyl (C=O) groups excluding carboxylic acids is 1. The van der Waals surface area contributed by atoms with E-state index in [-0.39, 0.29) is 5.41 Å². The van der Waals surface area contributed by atoms with E-state index in [9.17, 15) is 4.79 Å². The topological polar surface area (TPSA) is 70.1 Å². The molecule has 0 amide bonds. The van der Waals surface area contributed by atoms with Gasteiger partial charge in [0.25, 0.3) is 0 Å². The molecule has 0 aliphatic heterocycles. The van der Waals surface area contributed by atoms with E-state index in [1.807, 2.05) is 27.8 Å². The molecule has 0 bridgehead atoms. The number of aryl methyl sites for hydroxylation is 1. The molecule has 1 atom stereocenters. The number of nitrogens with zero attached hydrogens (tertiary/aromatic N) is 2. The monoisotopic (exact) mass is 239 g/mol. The van der Waals surface area contributed by atoms with Crippen LogP contribution in [0.3, 0.4) is 0 Å². The largest absolute Gasteiger partial charge is 0.465 e. The van der Waals surface area contributed by atoms with Crippen molar-refractivity contribution in [3.63, 3.8) is 0 Å². The number of hydrogen-bond acceptors (Lipinski definition) is 4. The van der Waals surface area contributed by atoms with Gasteiger partial charge in [0, 0.05) is 24.2 Å². The smallest absolute Gasteiger partial charge is 0.327 e. The van der Waals surface area contributed by atoms with Crippen molar-refractivity contribution in [1.82, 2.24) is 9.78 Å². The van der Waals surface area contributed by atoms with Crippen molar-refractivity contribution >= 4 is 5.97 Å². The Balaban J connectivity index is 3.09. The Morgan fingerprint density at radius 3 is 2.65 bits per heavy atom. The fourth-order valence-corrected chi connectivity index (χ4v) is 1.68. The first-order valence-corrected chi connectivity index (χ1v) is 5.73. The lowest BCUT2D eigenvalue weighted by atomic mass is 9.88. The predicted molar refractivity (Wildman–Crippen MR) is 65.5 cm³/mol. The van der Waals surface area contributed by atoms with Crippen molar-refractivity contribution in [3.05, 3.63) is 17.5 Å². The second kappa shape index (κ2) is 4.87. The molecule has 2 N–H and O–H groups in total. The van der Waals surface area contributed by atoms with Crippen molar-refractivity contribution in [2.24, 2.45) is 12.8 Å². The van der Waals surface area contributed by atoms with Crippen molar-refractivity contribution < 1.29 is 9.53 Å². The lowest BCUT2D eigenvalue weighted by molar-refractivity contribution is -0.144. The minimum atomic E-state index is -0.766. The first-order valence-electron chi connectivity index (χ1n) is 5.73. The Labute approximate surface area is 102 Å². The van der Waals surface area contributed by atoms with E-state index < -0.39 is 12.0 Å². The average Bonchev–Trinajstić information content (AvgIpc) is 2.59. The summed E-state index contributed by atoms with van der Waals surface area (Å²) < 4.78 is 6.61. The van der Waals surface area contributed by atoms with Crippen LogP contribution in [-0.2, 0) is 22.0 Å². The molecule has 1 unspecified atom stereocenters. The minimum absolute atomic E-state index is 0.152. The van der Waals surface area contributed by atoms with Crippen LogP contribution in [0.5, 0.6) is 0 Å².